The van der Waals surface area contributed by atoms with E-state index in [9.17, 15) is 9.59 Å². The van der Waals surface area contributed by atoms with Crippen molar-refractivity contribution < 1.29 is 14.3 Å². The molecule has 1 aliphatic heterocycles. The lowest BCUT2D eigenvalue weighted by Crippen LogP contribution is -2.40. The molecule has 1 heterocycles. The van der Waals surface area contributed by atoms with Gasteiger partial charge in [-0.25, -0.2) is 4.79 Å². The Hall–Kier alpha value is -1.84. The van der Waals surface area contributed by atoms with E-state index >= 15 is 0 Å². The third-order valence-electron chi connectivity index (χ3n) is 3.58. The molecule has 0 saturated carbocycles. The zero-order valence-electron chi connectivity index (χ0n) is 12.9. The van der Waals surface area contributed by atoms with Gasteiger partial charge in [0.25, 0.3) is 0 Å². The summed E-state index contributed by atoms with van der Waals surface area (Å²) in [6, 6.07) is 9.78. The van der Waals surface area contributed by atoms with Gasteiger partial charge in [-0.1, -0.05) is 30.3 Å². The number of carbonyl (C=O) groups is 2. The van der Waals surface area contributed by atoms with Gasteiger partial charge in [-0.05, 0) is 45.1 Å². The number of amides is 1. The third-order valence-corrected chi connectivity index (χ3v) is 3.58. The molecule has 2 unspecified atom stereocenters. The maximum Gasteiger partial charge on any atom is 0.410 e. The first kappa shape index (κ1) is 15.5. The number of hydrogen-bond donors (Lipinski definition) is 0. The number of benzene rings is 1. The molecule has 1 saturated heterocycles. The quantitative estimate of drug-likeness (QED) is 0.803. The molecule has 114 valence electrons. The normalized spacial score (nSPS) is 22.1. The second-order valence-electron chi connectivity index (χ2n) is 6.63. The number of carbonyl (C=O) groups excluding carboxylic acids is 2. The predicted octanol–water partition coefficient (Wildman–Crippen LogP) is 3.05. The Kier molecular flexibility index (Phi) is 4.66. The lowest BCUT2D eigenvalue weighted by Gasteiger charge is -2.26. The Morgan fingerprint density at radius 2 is 2.00 bits per heavy atom. The van der Waals surface area contributed by atoms with E-state index in [1.165, 1.54) is 5.56 Å². The molecule has 4 nitrogen and oxygen atoms in total. The lowest BCUT2D eigenvalue weighted by atomic mass is 9.97. The number of aldehydes is 1. The van der Waals surface area contributed by atoms with Gasteiger partial charge >= 0.3 is 6.09 Å². The molecule has 0 bridgehead atoms. The highest BCUT2D eigenvalue weighted by Crippen LogP contribution is 2.27. The van der Waals surface area contributed by atoms with Gasteiger partial charge in [0.05, 0.1) is 6.04 Å². The molecule has 1 fully saturated rings. The molecule has 0 radical (unpaired) electrons. The van der Waals surface area contributed by atoms with Crippen LogP contribution in [0.1, 0.15) is 32.8 Å². The number of hydrogen-bond acceptors (Lipinski definition) is 3. The van der Waals surface area contributed by atoms with Crippen LogP contribution >= 0.6 is 0 Å². The Labute approximate surface area is 126 Å². The Bertz CT molecular complexity index is 493. The number of rotatable bonds is 3. The van der Waals surface area contributed by atoms with Crippen LogP contribution in [0.3, 0.4) is 0 Å². The fourth-order valence-corrected chi connectivity index (χ4v) is 2.71. The zero-order chi connectivity index (χ0) is 15.5. The highest BCUT2D eigenvalue weighted by molar-refractivity contribution is 5.74. The van der Waals surface area contributed by atoms with Crippen LogP contribution < -0.4 is 0 Å². The molecule has 1 aliphatic rings. The minimum absolute atomic E-state index is 0.301. The zero-order valence-corrected chi connectivity index (χ0v) is 12.9. The molecule has 21 heavy (non-hydrogen) atoms. The lowest BCUT2D eigenvalue weighted by molar-refractivity contribution is -0.111. The van der Waals surface area contributed by atoms with Crippen LogP contribution in [0.5, 0.6) is 0 Å². The average molecular weight is 289 g/mol. The van der Waals surface area contributed by atoms with Crippen molar-refractivity contribution in [2.75, 3.05) is 6.54 Å². The summed E-state index contributed by atoms with van der Waals surface area (Å²) < 4.78 is 5.38. The van der Waals surface area contributed by atoms with Crippen molar-refractivity contribution in [2.24, 2.45) is 5.92 Å². The van der Waals surface area contributed by atoms with Gasteiger partial charge in [0.1, 0.15) is 11.9 Å². The first-order valence-electron chi connectivity index (χ1n) is 7.38. The van der Waals surface area contributed by atoms with Crippen molar-refractivity contribution in [2.45, 2.75) is 45.3 Å². The summed E-state index contributed by atoms with van der Waals surface area (Å²) in [7, 11) is 0. The number of ether oxygens (including phenoxy) is 1. The fourth-order valence-electron chi connectivity index (χ4n) is 2.71. The number of likely N-dealkylation sites (tertiary alicyclic amines) is 1. The van der Waals surface area contributed by atoms with Gasteiger partial charge in [-0.2, -0.15) is 0 Å². The first-order valence-corrected chi connectivity index (χ1v) is 7.38. The Balaban J connectivity index is 2.00. The minimum Gasteiger partial charge on any atom is -0.444 e. The summed E-state index contributed by atoms with van der Waals surface area (Å²) in [5.74, 6) is 0.301. The number of nitrogens with zero attached hydrogens (tertiary/aromatic N) is 1. The smallest absolute Gasteiger partial charge is 0.410 e. The van der Waals surface area contributed by atoms with E-state index in [1.54, 1.807) is 4.90 Å². The van der Waals surface area contributed by atoms with Crippen molar-refractivity contribution in [1.82, 2.24) is 4.90 Å². The molecular formula is C17H23NO3. The topological polar surface area (TPSA) is 46.6 Å². The maximum absolute atomic E-state index is 12.2. The highest BCUT2D eigenvalue weighted by atomic mass is 16.6. The van der Waals surface area contributed by atoms with E-state index in [2.05, 4.69) is 12.1 Å². The first-order chi connectivity index (χ1) is 9.89. The third kappa shape index (κ3) is 4.31. The summed E-state index contributed by atoms with van der Waals surface area (Å²) in [4.78, 5) is 25.0. The molecule has 4 heteroatoms. The molecule has 1 aromatic rings. The maximum atomic E-state index is 12.2. The van der Waals surface area contributed by atoms with Crippen molar-refractivity contribution >= 4 is 12.4 Å². The van der Waals surface area contributed by atoms with Gasteiger partial charge in [0, 0.05) is 6.54 Å². The second kappa shape index (κ2) is 6.29. The van der Waals surface area contributed by atoms with Crippen molar-refractivity contribution in [3.8, 4) is 0 Å². The average Bonchev–Trinajstić information content (AvgIpc) is 2.81. The van der Waals surface area contributed by atoms with Crippen molar-refractivity contribution in [3.05, 3.63) is 35.9 Å². The van der Waals surface area contributed by atoms with Crippen LogP contribution in [-0.4, -0.2) is 35.5 Å². The largest absolute Gasteiger partial charge is 0.444 e. The Morgan fingerprint density at radius 1 is 1.33 bits per heavy atom. The van der Waals surface area contributed by atoms with E-state index < -0.39 is 11.7 Å². The monoisotopic (exact) mass is 289 g/mol. The van der Waals surface area contributed by atoms with Crippen LogP contribution in [0, 0.1) is 5.92 Å². The van der Waals surface area contributed by atoms with E-state index in [4.69, 9.17) is 4.74 Å². The highest BCUT2D eigenvalue weighted by Gasteiger charge is 2.37. The summed E-state index contributed by atoms with van der Waals surface area (Å²) in [6.07, 6.45) is 2.05. The SMILES string of the molecule is CC(C)(C)OC(=O)N1CC(Cc2ccccc2)CC1C=O. The van der Waals surface area contributed by atoms with Gasteiger partial charge in [0.2, 0.25) is 0 Å². The molecule has 0 aromatic heterocycles. The van der Waals surface area contributed by atoms with E-state index in [-0.39, 0.29) is 6.04 Å². The Morgan fingerprint density at radius 3 is 2.57 bits per heavy atom. The predicted molar refractivity (Wildman–Crippen MR) is 81.0 cm³/mol. The van der Waals surface area contributed by atoms with E-state index in [0.717, 1.165) is 12.7 Å². The molecule has 0 N–H and O–H groups in total. The molecule has 1 aromatic carbocycles. The molecule has 0 spiro atoms. The van der Waals surface area contributed by atoms with Gasteiger partial charge < -0.3 is 9.53 Å². The van der Waals surface area contributed by atoms with Gasteiger partial charge in [-0.15, -0.1) is 0 Å². The van der Waals surface area contributed by atoms with E-state index in [1.807, 2.05) is 39.0 Å². The molecule has 2 atom stereocenters. The van der Waals surface area contributed by atoms with Crippen molar-refractivity contribution in [1.29, 1.82) is 0 Å². The summed E-state index contributed by atoms with van der Waals surface area (Å²) >= 11 is 0. The standard InChI is InChI=1S/C17H23NO3/c1-17(2,3)21-16(20)18-11-14(10-15(18)12-19)9-13-7-5-4-6-8-13/h4-8,12,14-15H,9-11H2,1-3H3. The van der Waals surface area contributed by atoms with Gasteiger partial charge in [-0.3, -0.25) is 4.90 Å². The van der Waals surface area contributed by atoms with E-state index in [0.29, 0.717) is 18.9 Å². The molecule has 2 rings (SSSR count). The molecule has 1 amide bonds. The van der Waals surface area contributed by atoms with Crippen LogP contribution in [0.2, 0.25) is 0 Å². The fraction of sp³-hybridized carbons (Fsp3) is 0.529. The van der Waals surface area contributed by atoms with Crippen LogP contribution in [0.25, 0.3) is 0 Å². The van der Waals surface area contributed by atoms with Crippen LogP contribution in [0.15, 0.2) is 30.3 Å². The summed E-state index contributed by atoms with van der Waals surface area (Å²) in [6.45, 7) is 6.07. The summed E-state index contributed by atoms with van der Waals surface area (Å²) in [5, 5.41) is 0. The van der Waals surface area contributed by atoms with Crippen LogP contribution in [-0.2, 0) is 16.0 Å². The summed E-state index contributed by atoms with van der Waals surface area (Å²) in [5.41, 5.74) is 0.695. The van der Waals surface area contributed by atoms with Gasteiger partial charge in [0.15, 0.2) is 0 Å². The minimum atomic E-state index is -0.540. The van der Waals surface area contributed by atoms with Crippen molar-refractivity contribution in [3.63, 3.8) is 0 Å². The molecular weight excluding hydrogens is 266 g/mol. The molecule has 0 aliphatic carbocycles. The van der Waals surface area contributed by atoms with Crippen LogP contribution in [0.4, 0.5) is 4.79 Å². The second-order valence-corrected chi connectivity index (χ2v) is 6.63.